The van der Waals surface area contributed by atoms with Crippen molar-refractivity contribution in [3.63, 3.8) is 0 Å². The number of aromatic nitrogens is 2. The molecule has 4 aromatic rings. The third-order valence-corrected chi connectivity index (χ3v) is 6.12. The van der Waals surface area contributed by atoms with Crippen LogP contribution in [0.4, 0.5) is 0 Å². The molecular formula is C29H33N3O5. The number of hydrogen-bond acceptors (Lipinski definition) is 6. The maximum absolute atomic E-state index is 12.7. The number of nitrogens with one attached hydrogen (secondary N) is 1. The number of carbonyl (C=O) groups is 1. The normalized spacial score (nSPS) is 10.8. The van der Waals surface area contributed by atoms with Gasteiger partial charge in [0, 0.05) is 25.1 Å². The highest BCUT2D eigenvalue weighted by Gasteiger charge is 2.13. The van der Waals surface area contributed by atoms with Gasteiger partial charge in [-0.3, -0.25) is 4.79 Å². The quantitative estimate of drug-likeness (QED) is 0.262. The standard InChI is InChI=1S/C29H33N3O5/c1-34-24-12-6-7-13-26(24)37-19-9-8-18-32-23-11-5-4-10-22(23)31-28(32)16-17-30-29(33)21-14-15-25(35-2)27(20-21)36-3/h4-7,10-15,20H,8-9,16-19H2,1-3H3,(H,30,33). The summed E-state index contributed by atoms with van der Waals surface area (Å²) in [5.41, 5.74) is 2.56. The lowest BCUT2D eigenvalue weighted by Gasteiger charge is -2.12. The van der Waals surface area contributed by atoms with E-state index in [4.69, 9.17) is 23.9 Å². The molecule has 8 nitrogen and oxygen atoms in total. The largest absolute Gasteiger partial charge is 0.493 e. The van der Waals surface area contributed by atoms with Gasteiger partial charge < -0.3 is 28.8 Å². The average molecular weight is 504 g/mol. The summed E-state index contributed by atoms with van der Waals surface area (Å²) in [6, 6.07) is 20.9. The Morgan fingerprint density at radius 1 is 0.838 bits per heavy atom. The van der Waals surface area contributed by atoms with Gasteiger partial charge >= 0.3 is 0 Å². The van der Waals surface area contributed by atoms with Crippen LogP contribution in [0.3, 0.4) is 0 Å². The summed E-state index contributed by atoms with van der Waals surface area (Å²) < 4.78 is 24.1. The number of ether oxygens (including phenoxy) is 4. The van der Waals surface area contributed by atoms with Gasteiger partial charge in [0.25, 0.3) is 5.91 Å². The molecule has 4 rings (SSSR count). The van der Waals surface area contributed by atoms with Gasteiger partial charge in [-0.25, -0.2) is 4.98 Å². The highest BCUT2D eigenvalue weighted by atomic mass is 16.5. The number of fused-ring (bicyclic) bond motifs is 1. The van der Waals surface area contributed by atoms with Gasteiger partial charge in [-0.05, 0) is 55.3 Å². The molecule has 37 heavy (non-hydrogen) atoms. The molecule has 8 heteroatoms. The summed E-state index contributed by atoms with van der Waals surface area (Å²) in [6.45, 7) is 1.88. The number of aryl methyl sites for hydroxylation is 1. The monoisotopic (exact) mass is 503 g/mol. The van der Waals surface area contributed by atoms with Crippen LogP contribution in [-0.2, 0) is 13.0 Å². The minimum Gasteiger partial charge on any atom is -0.493 e. The molecule has 0 unspecified atom stereocenters. The van der Waals surface area contributed by atoms with Gasteiger partial charge in [-0.1, -0.05) is 24.3 Å². The van der Waals surface area contributed by atoms with Crippen molar-refractivity contribution in [1.82, 2.24) is 14.9 Å². The Bertz CT molecular complexity index is 1330. The van der Waals surface area contributed by atoms with Crippen LogP contribution in [0.1, 0.15) is 29.0 Å². The Hall–Kier alpha value is -4.20. The summed E-state index contributed by atoms with van der Waals surface area (Å²) in [7, 11) is 4.76. The van der Waals surface area contributed by atoms with E-state index in [1.54, 1.807) is 39.5 Å². The number of nitrogens with zero attached hydrogens (tertiary/aromatic N) is 2. The van der Waals surface area contributed by atoms with Crippen molar-refractivity contribution in [2.75, 3.05) is 34.5 Å². The molecule has 194 valence electrons. The molecule has 0 saturated heterocycles. The van der Waals surface area contributed by atoms with E-state index < -0.39 is 0 Å². The number of unbranched alkanes of at least 4 members (excludes halogenated alkanes) is 1. The number of rotatable bonds is 13. The van der Waals surface area contributed by atoms with E-state index in [0.29, 0.717) is 36.6 Å². The van der Waals surface area contributed by atoms with Crippen LogP contribution in [0, 0.1) is 0 Å². The second-order valence-corrected chi connectivity index (χ2v) is 8.45. The van der Waals surface area contributed by atoms with Crippen LogP contribution in [0.15, 0.2) is 66.7 Å². The van der Waals surface area contributed by atoms with Crippen molar-refractivity contribution < 1.29 is 23.7 Å². The van der Waals surface area contributed by atoms with Crippen LogP contribution >= 0.6 is 0 Å². The van der Waals surface area contributed by atoms with E-state index >= 15 is 0 Å². The molecule has 0 atom stereocenters. The summed E-state index contributed by atoms with van der Waals surface area (Å²) >= 11 is 0. The molecule has 0 bridgehead atoms. The summed E-state index contributed by atoms with van der Waals surface area (Å²) in [6.07, 6.45) is 2.44. The predicted molar refractivity (Wildman–Crippen MR) is 143 cm³/mol. The molecule has 1 heterocycles. The Balaban J connectivity index is 1.34. The number of methoxy groups -OCH3 is 3. The molecule has 1 N–H and O–H groups in total. The van der Waals surface area contributed by atoms with E-state index in [1.807, 2.05) is 42.5 Å². The van der Waals surface area contributed by atoms with Crippen LogP contribution < -0.4 is 24.3 Å². The number of imidazole rings is 1. The zero-order valence-corrected chi connectivity index (χ0v) is 21.5. The molecule has 0 radical (unpaired) electrons. The number of amides is 1. The Morgan fingerprint density at radius 3 is 2.32 bits per heavy atom. The van der Waals surface area contributed by atoms with Crippen LogP contribution in [0.5, 0.6) is 23.0 Å². The van der Waals surface area contributed by atoms with Gasteiger partial charge in [0.1, 0.15) is 5.82 Å². The molecule has 1 amide bonds. The summed E-state index contributed by atoms with van der Waals surface area (Å²) in [5, 5.41) is 2.99. The number of hydrogen-bond donors (Lipinski definition) is 1. The maximum Gasteiger partial charge on any atom is 0.251 e. The van der Waals surface area contributed by atoms with E-state index in [0.717, 1.165) is 47.7 Å². The Kier molecular flexibility index (Phi) is 8.86. The van der Waals surface area contributed by atoms with Crippen molar-refractivity contribution >= 4 is 16.9 Å². The first-order valence-corrected chi connectivity index (χ1v) is 12.3. The Morgan fingerprint density at radius 2 is 1.54 bits per heavy atom. The lowest BCUT2D eigenvalue weighted by atomic mass is 10.2. The lowest BCUT2D eigenvalue weighted by Crippen LogP contribution is -2.26. The third kappa shape index (κ3) is 6.33. The fourth-order valence-electron chi connectivity index (χ4n) is 4.23. The highest BCUT2D eigenvalue weighted by Crippen LogP contribution is 2.28. The molecule has 0 aliphatic rings. The second kappa shape index (κ2) is 12.7. The van der Waals surface area contributed by atoms with E-state index in [2.05, 4.69) is 16.0 Å². The van der Waals surface area contributed by atoms with Gasteiger partial charge in [0.05, 0.1) is 39.0 Å². The van der Waals surface area contributed by atoms with Crippen molar-refractivity contribution in [3.8, 4) is 23.0 Å². The van der Waals surface area contributed by atoms with Crippen molar-refractivity contribution in [2.45, 2.75) is 25.8 Å². The first-order valence-electron chi connectivity index (χ1n) is 12.3. The number of carbonyl (C=O) groups excluding carboxylic acids is 1. The van der Waals surface area contributed by atoms with E-state index in [1.165, 1.54) is 0 Å². The zero-order chi connectivity index (χ0) is 26.0. The fraction of sp³-hybridized carbons (Fsp3) is 0.310. The second-order valence-electron chi connectivity index (χ2n) is 8.45. The van der Waals surface area contributed by atoms with Gasteiger partial charge in [-0.15, -0.1) is 0 Å². The molecule has 0 spiro atoms. The molecule has 0 aliphatic heterocycles. The highest BCUT2D eigenvalue weighted by molar-refractivity contribution is 5.94. The summed E-state index contributed by atoms with van der Waals surface area (Å²) in [4.78, 5) is 17.5. The molecule has 0 aliphatic carbocycles. The van der Waals surface area contributed by atoms with Crippen molar-refractivity contribution in [2.24, 2.45) is 0 Å². The third-order valence-electron chi connectivity index (χ3n) is 6.12. The minimum atomic E-state index is -0.169. The number of para-hydroxylation sites is 4. The molecule has 3 aromatic carbocycles. The number of benzene rings is 3. The molecule has 0 fully saturated rings. The zero-order valence-electron chi connectivity index (χ0n) is 21.5. The molecule has 1 aromatic heterocycles. The maximum atomic E-state index is 12.7. The van der Waals surface area contributed by atoms with Crippen LogP contribution in [-0.4, -0.2) is 49.9 Å². The van der Waals surface area contributed by atoms with Crippen molar-refractivity contribution in [3.05, 3.63) is 78.1 Å². The lowest BCUT2D eigenvalue weighted by molar-refractivity contribution is 0.0953. The topological polar surface area (TPSA) is 83.8 Å². The van der Waals surface area contributed by atoms with E-state index in [9.17, 15) is 4.79 Å². The van der Waals surface area contributed by atoms with Crippen molar-refractivity contribution in [1.29, 1.82) is 0 Å². The smallest absolute Gasteiger partial charge is 0.251 e. The van der Waals surface area contributed by atoms with Crippen LogP contribution in [0.2, 0.25) is 0 Å². The summed E-state index contributed by atoms with van der Waals surface area (Å²) in [5.74, 6) is 3.37. The first kappa shape index (κ1) is 25.9. The van der Waals surface area contributed by atoms with Gasteiger partial charge in [-0.2, -0.15) is 0 Å². The SMILES string of the molecule is COc1ccc(C(=O)NCCc2nc3ccccc3n2CCCCOc2ccccc2OC)cc1OC. The predicted octanol–water partition coefficient (Wildman–Crippen LogP) is 4.89. The van der Waals surface area contributed by atoms with E-state index in [-0.39, 0.29) is 5.91 Å². The molecule has 0 saturated carbocycles. The minimum absolute atomic E-state index is 0.169. The fourth-order valence-corrected chi connectivity index (χ4v) is 4.23. The van der Waals surface area contributed by atoms with Gasteiger partial charge in [0.2, 0.25) is 0 Å². The Labute approximate surface area is 217 Å². The molecular weight excluding hydrogens is 470 g/mol. The first-order chi connectivity index (χ1) is 18.1. The van der Waals surface area contributed by atoms with Gasteiger partial charge in [0.15, 0.2) is 23.0 Å². The average Bonchev–Trinajstić information content (AvgIpc) is 3.29. The van der Waals surface area contributed by atoms with Crippen LogP contribution in [0.25, 0.3) is 11.0 Å².